The van der Waals surface area contributed by atoms with Gasteiger partial charge >= 0.3 is 0 Å². The molecular weight excluding hydrogens is 200 g/mol. The lowest BCUT2D eigenvalue weighted by Crippen LogP contribution is -1.98. The molecule has 0 unspecified atom stereocenters. The second-order valence-corrected chi connectivity index (χ2v) is 3.92. The topological polar surface area (TPSA) is 38.0 Å². The SMILES string of the molecule is Cn1ccnc1Cc1ccc(CCO)cc1. The summed E-state index contributed by atoms with van der Waals surface area (Å²) in [4.78, 5) is 4.29. The van der Waals surface area contributed by atoms with Crippen LogP contribution in [-0.2, 0) is 19.9 Å². The smallest absolute Gasteiger partial charge is 0.112 e. The van der Waals surface area contributed by atoms with E-state index in [4.69, 9.17) is 5.11 Å². The van der Waals surface area contributed by atoms with Crippen LogP contribution in [0.3, 0.4) is 0 Å². The van der Waals surface area contributed by atoms with Crippen molar-refractivity contribution < 1.29 is 5.11 Å². The molecule has 1 aromatic carbocycles. The van der Waals surface area contributed by atoms with E-state index in [9.17, 15) is 0 Å². The van der Waals surface area contributed by atoms with E-state index < -0.39 is 0 Å². The lowest BCUT2D eigenvalue weighted by molar-refractivity contribution is 0.299. The highest BCUT2D eigenvalue weighted by molar-refractivity contribution is 5.25. The minimum atomic E-state index is 0.207. The van der Waals surface area contributed by atoms with E-state index in [-0.39, 0.29) is 6.61 Å². The van der Waals surface area contributed by atoms with E-state index >= 15 is 0 Å². The van der Waals surface area contributed by atoms with Crippen molar-refractivity contribution in [3.8, 4) is 0 Å². The Kier molecular flexibility index (Phi) is 3.37. The number of benzene rings is 1. The Morgan fingerprint density at radius 3 is 2.44 bits per heavy atom. The third kappa shape index (κ3) is 2.49. The maximum atomic E-state index is 8.82. The summed E-state index contributed by atoms with van der Waals surface area (Å²) in [7, 11) is 2.00. The fourth-order valence-electron chi connectivity index (χ4n) is 1.70. The molecule has 0 aliphatic heterocycles. The predicted molar refractivity (Wildman–Crippen MR) is 63.2 cm³/mol. The summed E-state index contributed by atoms with van der Waals surface area (Å²) in [5.74, 6) is 1.06. The zero-order chi connectivity index (χ0) is 11.4. The van der Waals surface area contributed by atoms with Crippen molar-refractivity contribution in [1.29, 1.82) is 0 Å². The number of aryl methyl sites for hydroxylation is 1. The largest absolute Gasteiger partial charge is 0.396 e. The Morgan fingerprint density at radius 2 is 1.88 bits per heavy atom. The van der Waals surface area contributed by atoms with Gasteiger partial charge in [-0.25, -0.2) is 4.98 Å². The van der Waals surface area contributed by atoms with Gasteiger partial charge in [0.2, 0.25) is 0 Å². The maximum absolute atomic E-state index is 8.82. The van der Waals surface area contributed by atoms with Crippen LogP contribution < -0.4 is 0 Å². The Morgan fingerprint density at radius 1 is 1.19 bits per heavy atom. The summed E-state index contributed by atoms with van der Waals surface area (Å²) < 4.78 is 2.03. The summed E-state index contributed by atoms with van der Waals surface area (Å²) >= 11 is 0. The standard InChI is InChI=1S/C13H16N2O/c1-15-8-7-14-13(15)10-12-4-2-11(3-5-12)6-9-16/h2-5,7-8,16H,6,9-10H2,1H3. The molecule has 1 heterocycles. The van der Waals surface area contributed by atoms with Gasteiger partial charge in [0.15, 0.2) is 0 Å². The van der Waals surface area contributed by atoms with Crippen LogP contribution in [0.4, 0.5) is 0 Å². The highest BCUT2D eigenvalue weighted by atomic mass is 16.2. The van der Waals surface area contributed by atoms with Crippen LogP contribution >= 0.6 is 0 Å². The molecule has 84 valence electrons. The van der Waals surface area contributed by atoms with Gasteiger partial charge < -0.3 is 9.67 Å². The van der Waals surface area contributed by atoms with Crippen molar-refractivity contribution >= 4 is 0 Å². The van der Waals surface area contributed by atoms with Crippen LogP contribution in [0.25, 0.3) is 0 Å². The van der Waals surface area contributed by atoms with E-state index in [1.807, 2.05) is 24.0 Å². The molecule has 0 amide bonds. The van der Waals surface area contributed by atoms with Crippen LogP contribution in [0.5, 0.6) is 0 Å². The molecule has 0 fully saturated rings. The first-order chi connectivity index (χ1) is 7.79. The van der Waals surface area contributed by atoms with Crippen LogP contribution in [0.15, 0.2) is 36.7 Å². The Labute approximate surface area is 95.4 Å². The van der Waals surface area contributed by atoms with Crippen molar-refractivity contribution in [3.05, 3.63) is 53.6 Å². The minimum absolute atomic E-state index is 0.207. The van der Waals surface area contributed by atoms with Crippen molar-refractivity contribution in [2.45, 2.75) is 12.8 Å². The number of rotatable bonds is 4. The predicted octanol–water partition coefficient (Wildman–Crippen LogP) is 1.55. The number of hydrogen-bond donors (Lipinski definition) is 1. The van der Waals surface area contributed by atoms with Gasteiger partial charge in [0.05, 0.1) is 0 Å². The molecule has 0 saturated carbocycles. The molecule has 16 heavy (non-hydrogen) atoms. The lowest BCUT2D eigenvalue weighted by Gasteiger charge is -2.03. The first-order valence-electron chi connectivity index (χ1n) is 5.44. The molecular formula is C13H16N2O. The molecule has 1 N–H and O–H groups in total. The van der Waals surface area contributed by atoms with Crippen molar-refractivity contribution in [1.82, 2.24) is 9.55 Å². The van der Waals surface area contributed by atoms with E-state index in [0.717, 1.165) is 18.7 Å². The third-order valence-corrected chi connectivity index (χ3v) is 2.71. The number of aliphatic hydroxyl groups is 1. The Hall–Kier alpha value is -1.61. The number of hydrogen-bond acceptors (Lipinski definition) is 2. The Bertz CT molecular complexity index is 445. The van der Waals surface area contributed by atoms with Gasteiger partial charge in [0, 0.05) is 32.5 Å². The molecule has 0 aliphatic rings. The van der Waals surface area contributed by atoms with Gasteiger partial charge in [0.1, 0.15) is 5.82 Å². The summed E-state index contributed by atoms with van der Waals surface area (Å²) in [6.07, 6.45) is 5.34. The van der Waals surface area contributed by atoms with Crippen molar-refractivity contribution in [2.75, 3.05) is 6.61 Å². The van der Waals surface area contributed by atoms with Gasteiger partial charge in [-0.3, -0.25) is 0 Å². The molecule has 0 radical (unpaired) electrons. The first kappa shape index (κ1) is 10.9. The normalized spacial score (nSPS) is 10.6. The monoisotopic (exact) mass is 216 g/mol. The van der Waals surface area contributed by atoms with Gasteiger partial charge in [-0.05, 0) is 17.5 Å². The van der Waals surface area contributed by atoms with E-state index in [0.29, 0.717) is 0 Å². The highest BCUT2D eigenvalue weighted by Gasteiger charge is 2.01. The zero-order valence-corrected chi connectivity index (χ0v) is 9.43. The highest BCUT2D eigenvalue weighted by Crippen LogP contribution is 2.09. The van der Waals surface area contributed by atoms with Gasteiger partial charge in [0.25, 0.3) is 0 Å². The molecule has 0 bridgehead atoms. The molecule has 2 aromatic rings. The molecule has 0 spiro atoms. The molecule has 2 rings (SSSR count). The van der Waals surface area contributed by atoms with Crippen molar-refractivity contribution in [2.24, 2.45) is 7.05 Å². The molecule has 3 heteroatoms. The van der Waals surface area contributed by atoms with E-state index in [1.165, 1.54) is 11.1 Å². The van der Waals surface area contributed by atoms with Crippen LogP contribution in [0, 0.1) is 0 Å². The molecule has 0 atom stereocenters. The van der Waals surface area contributed by atoms with Crippen LogP contribution in [-0.4, -0.2) is 21.3 Å². The van der Waals surface area contributed by atoms with Gasteiger partial charge in [-0.15, -0.1) is 0 Å². The van der Waals surface area contributed by atoms with Crippen molar-refractivity contribution in [3.63, 3.8) is 0 Å². The maximum Gasteiger partial charge on any atom is 0.112 e. The second kappa shape index (κ2) is 4.94. The average Bonchev–Trinajstić information content (AvgIpc) is 2.68. The fourth-order valence-corrected chi connectivity index (χ4v) is 1.70. The number of aromatic nitrogens is 2. The molecule has 0 aliphatic carbocycles. The summed E-state index contributed by atoms with van der Waals surface area (Å²) in [5.41, 5.74) is 2.42. The summed E-state index contributed by atoms with van der Waals surface area (Å²) in [5, 5.41) is 8.82. The van der Waals surface area contributed by atoms with Gasteiger partial charge in [-0.2, -0.15) is 0 Å². The average molecular weight is 216 g/mol. The minimum Gasteiger partial charge on any atom is -0.396 e. The van der Waals surface area contributed by atoms with E-state index in [2.05, 4.69) is 29.2 Å². The third-order valence-electron chi connectivity index (χ3n) is 2.71. The van der Waals surface area contributed by atoms with Crippen LogP contribution in [0.1, 0.15) is 17.0 Å². The molecule has 0 saturated heterocycles. The van der Waals surface area contributed by atoms with Crippen LogP contribution in [0.2, 0.25) is 0 Å². The molecule has 1 aromatic heterocycles. The zero-order valence-electron chi connectivity index (χ0n) is 9.43. The second-order valence-electron chi connectivity index (χ2n) is 3.92. The first-order valence-corrected chi connectivity index (χ1v) is 5.44. The van der Waals surface area contributed by atoms with Gasteiger partial charge in [-0.1, -0.05) is 24.3 Å². The summed E-state index contributed by atoms with van der Waals surface area (Å²) in [6.45, 7) is 0.207. The number of aliphatic hydroxyl groups excluding tert-OH is 1. The summed E-state index contributed by atoms with van der Waals surface area (Å²) in [6, 6.07) is 8.32. The Balaban J connectivity index is 2.08. The lowest BCUT2D eigenvalue weighted by atomic mass is 10.1. The van der Waals surface area contributed by atoms with E-state index in [1.54, 1.807) is 0 Å². The molecule has 3 nitrogen and oxygen atoms in total. The quantitative estimate of drug-likeness (QED) is 0.842. The fraction of sp³-hybridized carbons (Fsp3) is 0.308. The number of imidazole rings is 1. The number of nitrogens with zero attached hydrogens (tertiary/aromatic N) is 2.